The summed E-state index contributed by atoms with van der Waals surface area (Å²) in [6.07, 6.45) is 1.89. The number of benzene rings is 1. The molecule has 0 aliphatic carbocycles. The van der Waals surface area contributed by atoms with Crippen molar-refractivity contribution < 1.29 is 0 Å². The second-order valence-corrected chi connectivity index (χ2v) is 5.05. The molecule has 0 saturated heterocycles. The Kier molecular flexibility index (Phi) is 3.84. The van der Waals surface area contributed by atoms with Crippen molar-refractivity contribution in [1.82, 2.24) is 9.97 Å². The van der Waals surface area contributed by atoms with E-state index in [0.717, 1.165) is 35.5 Å². The number of hydrogen-bond acceptors (Lipinski definition) is 3. The molecule has 0 atom stereocenters. The van der Waals surface area contributed by atoms with Crippen LogP contribution in [0, 0.1) is 20.8 Å². The van der Waals surface area contributed by atoms with Crippen molar-refractivity contribution in [3.05, 3.63) is 40.7 Å². The average Bonchev–Trinajstić information content (AvgIpc) is 2.37. The molecule has 2 aromatic rings. The zero-order chi connectivity index (χ0) is 14.0. The van der Waals surface area contributed by atoms with Gasteiger partial charge in [0.25, 0.3) is 0 Å². The van der Waals surface area contributed by atoms with Gasteiger partial charge in [-0.2, -0.15) is 0 Å². The van der Waals surface area contributed by atoms with Gasteiger partial charge >= 0.3 is 0 Å². The lowest BCUT2D eigenvalue weighted by atomic mass is 10.0. The summed E-state index contributed by atoms with van der Waals surface area (Å²) in [5.74, 6) is 1.42. The van der Waals surface area contributed by atoms with E-state index in [-0.39, 0.29) is 0 Å². The molecular weight excluding hydrogens is 234 g/mol. The summed E-state index contributed by atoms with van der Waals surface area (Å²) >= 11 is 0. The van der Waals surface area contributed by atoms with Gasteiger partial charge in [-0.3, -0.25) is 0 Å². The number of nitrogens with two attached hydrogens (primary N) is 1. The van der Waals surface area contributed by atoms with Gasteiger partial charge in [0.15, 0.2) is 0 Å². The first kappa shape index (κ1) is 13.5. The van der Waals surface area contributed by atoms with Gasteiger partial charge in [0.1, 0.15) is 11.6 Å². The Morgan fingerprint density at radius 1 is 1.05 bits per heavy atom. The predicted octanol–water partition coefficient (Wildman–Crippen LogP) is 3.60. The van der Waals surface area contributed by atoms with Crippen LogP contribution in [0.1, 0.15) is 35.9 Å². The highest BCUT2D eigenvalue weighted by Gasteiger charge is 2.11. The molecule has 0 aliphatic rings. The van der Waals surface area contributed by atoms with E-state index in [9.17, 15) is 0 Å². The predicted molar refractivity (Wildman–Crippen MR) is 80.1 cm³/mol. The molecule has 0 fully saturated rings. The quantitative estimate of drug-likeness (QED) is 0.911. The van der Waals surface area contributed by atoms with Crippen LogP contribution in [0.5, 0.6) is 0 Å². The smallest absolute Gasteiger partial charge is 0.131 e. The van der Waals surface area contributed by atoms with Crippen LogP contribution in [0.3, 0.4) is 0 Å². The molecule has 0 bridgehead atoms. The van der Waals surface area contributed by atoms with E-state index in [4.69, 9.17) is 5.73 Å². The molecule has 2 rings (SSSR count). The Morgan fingerprint density at radius 3 is 2.42 bits per heavy atom. The van der Waals surface area contributed by atoms with Crippen molar-refractivity contribution in [3.63, 3.8) is 0 Å². The topological polar surface area (TPSA) is 51.8 Å². The van der Waals surface area contributed by atoms with E-state index in [0.29, 0.717) is 5.82 Å². The van der Waals surface area contributed by atoms with Crippen molar-refractivity contribution in [3.8, 4) is 11.3 Å². The lowest BCUT2D eigenvalue weighted by molar-refractivity contribution is 0.836. The lowest BCUT2D eigenvalue weighted by Crippen LogP contribution is -2.05. The third-order valence-corrected chi connectivity index (χ3v) is 3.48. The van der Waals surface area contributed by atoms with E-state index in [2.05, 4.69) is 48.9 Å². The summed E-state index contributed by atoms with van der Waals surface area (Å²) in [7, 11) is 0. The van der Waals surface area contributed by atoms with Crippen LogP contribution in [0.4, 0.5) is 5.82 Å². The molecule has 0 unspecified atom stereocenters. The maximum absolute atomic E-state index is 6.01. The highest BCUT2D eigenvalue weighted by atomic mass is 15.0. The Bertz CT molecular complexity index is 603. The standard InChI is InChI=1S/C16H21N3/c1-5-6-14-18-15(12(4)16(17)19-14)13-8-7-10(2)11(3)9-13/h7-9H,5-6H2,1-4H3,(H2,17,18,19). The molecular formula is C16H21N3. The Hall–Kier alpha value is -1.90. The van der Waals surface area contributed by atoms with E-state index in [1.165, 1.54) is 11.1 Å². The van der Waals surface area contributed by atoms with Crippen LogP contribution < -0.4 is 5.73 Å². The first-order valence-corrected chi connectivity index (χ1v) is 6.73. The summed E-state index contributed by atoms with van der Waals surface area (Å²) in [6.45, 7) is 8.33. The van der Waals surface area contributed by atoms with E-state index < -0.39 is 0 Å². The summed E-state index contributed by atoms with van der Waals surface area (Å²) in [4.78, 5) is 9.03. The van der Waals surface area contributed by atoms with Crippen LogP contribution in [-0.4, -0.2) is 9.97 Å². The molecule has 0 spiro atoms. The number of rotatable bonds is 3. The molecule has 19 heavy (non-hydrogen) atoms. The van der Waals surface area contributed by atoms with E-state index in [1.54, 1.807) is 0 Å². The Labute approximate surface area is 114 Å². The minimum atomic E-state index is 0.590. The molecule has 1 aromatic carbocycles. The van der Waals surface area contributed by atoms with Crippen LogP contribution >= 0.6 is 0 Å². The van der Waals surface area contributed by atoms with Crippen molar-refractivity contribution in [2.45, 2.75) is 40.5 Å². The van der Waals surface area contributed by atoms with Gasteiger partial charge in [0.2, 0.25) is 0 Å². The highest BCUT2D eigenvalue weighted by Crippen LogP contribution is 2.26. The fourth-order valence-corrected chi connectivity index (χ4v) is 2.09. The van der Waals surface area contributed by atoms with Gasteiger partial charge in [0, 0.05) is 17.5 Å². The maximum Gasteiger partial charge on any atom is 0.131 e. The van der Waals surface area contributed by atoms with Crippen LogP contribution in [0.25, 0.3) is 11.3 Å². The molecule has 0 saturated carbocycles. The maximum atomic E-state index is 6.01. The monoisotopic (exact) mass is 255 g/mol. The normalized spacial score (nSPS) is 10.7. The number of nitrogen functional groups attached to an aromatic ring is 1. The van der Waals surface area contributed by atoms with E-state index in [1.807, 2.05) is 6.92 Å². The fraction of sp³-hybridized carbons (Fsp3) is 0.375. The fourth-order valence-electron chi connectivity index (χ4n) is 2.09. The van der Waals surface area contributed by atoms with Gasteiger partial charge in [0.05, 0.1) is 5.69 Å². The van der Waals surface area contributed by atoms with Crippen LogP contribution in [0.2, 0.25) is 0 Å². The molecule has 2 N–H and O–H groups in total. The second kappa shape index (κ2) is 5.39. The highest BCUT2D eigenvalue weighted by molar-refractivity contribution is 5.68. The molecule has 0 aliphatic heterocycles. The lowest BCUT2D eigenvalue weighted by Gasteiger charge is -2.11. The second-order valence-electron chi connectivity index (χ2n) is 5.05. The minimum absolute atomic E-state index is 0.590. The zero-order valence-corrected chi connectivity index (χ0v) is 12.1. The van der Waals surface area contributed by atoms with Gasteiger partial charge in [-0.1, -0.05) is 19.1 Å². The first-order valence-electron chi connectivity index (χ1n) is 6.73. The molecule has 1 heterocycles. The van der Waals surface area contributed by atoms with Crippen LogP contribution in [0.15, 0.2) is 18.2 Å². The summed E-state index contributed by atoms with van der Waals surface area (Å²) in [5, 5.41) is 0. The zero-order valence-electron chi connectivity index (χ0n) is 12.1. The third-order valence-electron chi connectivity index (χ3n) is 3.48. The van der Waals surface area contributed by atoms with Gasteiger partial charge in [-0.05, 0) is 44.4 Å². The van der Waals surface area contributed by atoms with Crippen molar-refractivity contribution >= 4 is 5.82 Å². The van der Waals surface area contributed by atoms with Gasteiger partial charge in [-0.15, -0.1) is 0 Å². The number of aryl methyl sites for hydroxylation is 3. The SMILES string of the molecule is CCCc1nc(N)c(C)c(-c2ccc(C)c(C)c2)n1. The summed E-state index contributed by atoms with van der Waals surface area (Å²) in [6, 6.07) is 6.40. The van der Waals surface area contributed by atoms with E-state index >= 15 is 0 Å². The van der Waals surface area contributed by atoms with Crippen LogP contribution in [-0.2, 0) is 6.42 Å². The van der Waals surface area contributed by atoms with Gasteiger partial charge < -0.3 is 5.73 Å². The van der Waals surface area contributed by atoms with Crippen molar-refractivity contribution in [1.29, 1.82) is 0 Å². The van der Waals surface area contributed by atoms with Crippen molar-refractivity contribution in [2.24, 2.45) is 0 Å². The molecule has 100 valence electrons. The minimum Gasteiger partial charge on any atom is -0.383 e. The summed E-state index contributed by atoms with van der Waals surface area (Å²) < 4.78 is 0. The number of anilines is 1. The average molecular weight is 255 g/mol. The Morgan fingerprint density at radius 2 is 1.79 bits per heavy atom. The Balaban J connectivity index is 2.56. The molecule has 1 aromatic heterocycles. The molecule has 0 amide bonds. The molecule has 3 heteroatoms. The largest absolute Gasteiger partial charge is 0.383 e. The number of aromatic nitrogens is 2. The van der Waals surface area contributed by atoms with Gasteiger partial charge in [-0.25, -0.2) is 9.97 Å². The summed E-state index contributed by atoms with van der Waals surface area (Å²) in [5.41, 5.74) is 11.6. The first-order chi connectivity index (χ1) is 9.02. The number of hydrogen-bond donors (Lipinski definition) is 1. The molecule has 0 radical (unpaired) electrons. The third kappa shape index (κ3) is 2.75. The number of nitrogens with zero attached hydrogens (tertiary/aromatic N) is 2. The van der Waals surface area contributed by atoms with Crippen molar-refractivity contribution in [2.75, 3.05) is 5.73 Å². The molecule has 3 nitrogen and oxygen atoms in total.